The minimum atomic E-state index is 0.00745. The molecular weight excluding hydrogens is 262 g/mol. The van der Waals surface area contributed by atoms with Gasteiger partial charge in [0.2, 0.25) is 0 Å². The number of carbonyl (C=O) groups is 1. The van der Waals surface area contributed by atoms with Crippen LogP contribution in [-0.2, 0) is 0 Å². The summed E-state index contributed by atoms with van der Waals surface area (Å²) in [5.41, 5.74) is 5.88. The highest BCUT2D eigenvalue weighted by molar-refractivity contribution is 5.75. The van der Waals surface area contributed by atoms with Crippen LogP contribution in [0.1, 0.15) is 58.8 Å². The molecule has 1 unspecified atom stereocenters. The van der Waals surface area contributed by atoms with Crippen LogP contribution in [0, 0.1) is 23.7 Å². The van der Waals surface area contributed by atoms with Crippen LogP contribution in [0.2, 0.25) is 0 Å². The first-order valence-electron chi connectivity index (χ1n) is 8.77. The van der Waals surface area contributed by atoms with Crippen LogP contribution >= 0.6 is 0 Å². The Morgan fingerprint density at radius 2 is 1.67 bits per heavy atom. The van der Waals surface area contributed by atoms with Crippen molar-refractivity contribution in [2.45, 2.75) is 70.4 Å². The Hall–Kier alpha value is -0.770. The van der Waals surface area contributed by atoms with E-state index >= 15 is 0 Å². The molecule has 21 heavy (non-hydrogen) atoms. The van der Waals surface area contributed by atoms with E-state index in [-0.39, 0.29) is 17.6 Å². The zero-order chi connectivity index (χ0) is 15.0. The summed E-state index contributed by atoms with van der Waals surface area (Å²) in [6.07, 6.45) is 8.76. The average Bonchev–Trinajstić information content (AvgIpc) is 2.34. The third-order valence-corrected chi connectivity index (χ3v) is 5.79. The summed E-state index contributed by atoms with van der Waals surface area (Å²) >= 11 is 0. The summed E-state index contributed by atoms with van der Waals surface area (Å²) in [7, 11) is 0. The number of nitrogens with two attached hydrogens (primary N) is 1. The number of rotatable bonds is 5. The molecule has 0 aliphatic heterocycles. The summed E-state index contributed by atoms with van der Waals surface area (Å²) in [6.45, 7) is 4.86. The Balaban J connectivity index is 1.57. The van der Waals surface area contributed by atoms with E-state index < -0.39 is 0 Å². The molecule has 120 valence electrons. The number of hydrogen-bond acceptors (Lipinski definition) is 2. The average molecular weight is 293 g/mol. The zero-order valence-electron chi connectivity index (χ0n) is 13.5. The van der Waals surface area contributed by atoms with Crippen molar-refractivity contribution in [3.63, 3.8) is 0 Å². The summed E-state index contributed by atoms with van der Waals surface area (Å²) in [5.74, 6) is 3.13. The van der Waals surface area contributed by atoms with Gasteiger partial charge in [-0.15, -0.1) is 0 Å². The molecule has 4 aliphatic carbocycles. The Morgan fingerprint density at radius 3 is 2.10 bits per heavy atom. The molecule has 0 aromatic carbocycles. The maximum absolute atomic E-state index is 12.4. The molecule has 0 radical (unpaired) electrons. The van der Waals surface area contributed by atoms with Crippen molar-refractivity contribution < 1.29 is 4.79 Å². The summed E-state index contributed by atoms with van der Waals surface area (Å²) < 4.78 is 0. The minimum absolute atomic E-state index is 0.00745. The van der Waals surface area contributed by atoms with Crippen molar-refractivity contribution in [2.75, 3.05) is 6.54 Å². The van der Waals surface area contributed by atoms with Gasteiger partial charge in [-0.3, -0.25) is 0 Å². The predicted molar refractivity (Wildman–Crippen MR) is 84.9 cm³/mol. The maximum Gasteiger partial charge on any atom is 0.315 e. The Kier molecular flexibility index (Phi) is 4.17. The van der Waals surface area contributed by atoms with E-state index in [1.54, 1.807) is 0 Å². The second kappa shape index (κ2) is 5.79. The number of carbonyl (C=O) groups excluding carboxylic acids is 1. The first-order valence-corrected chi connectivity index (χ1v) is 8.77. The van der Waals surface area contributed by atoms with Gasteiger partial charge in [-0.05, 0) is 68.6 Å². The third kappa shape index (κ3) is 3.36. The fraction of sp³-hybridized carbons (Fsp3) is 0.941. The van der Waals surface area contributed by atoms with Crippen molar-refractivity contribution in [3.8, 4) is 0 Å². The van der Waals surface area contributed by atoms with Gasteiger partial charge in [-0.2, -0.15) is 0 Å². The van der Waals surface area contributed by atoms with E-state index in [0.29, 0.717) is 12.5 Å². The molecule has 4 nitrogen and oxygen atoms in total. The molecule has 0 saturated heterocycles. The standard InChI is InChI=1S/C17H31N3O/c1-11(2)3-15(10-18)19-16(21)20-17-7-12-4-13(8-17)6-14(5-12)9-17/h11-15H,3-10,18H2,1-2H3,(H2,19,20,21). The number of hydrogen-bond donors (Lipinski definition) is 3. The van der Waals surface area contributed by atoms with Crippen LogP contribution in [-0.4, -0.2) is 24.2 Å². The minimum Gasteiger partial charge on any atom is -0.334 e. The molecule has 0 aromatic rings. The molecule has 4 N–H and O–H groups in total. The van der Waals surface area contributed by atoms with Crippen LogP contribution in [0.5, 0.6) is 0 Å². The molecule has 1 atom stereocenters. The molecule has 4 rings (SSSR count). The predicted octanol–water partition coefficient (Wildman–Crippen LogP) is 2.63. The molecule has 0 aromatic heterocycles. The fourth-order valence-corrected chi connectivity index (χ4v) is 5.51. The van der Waals surface area contributed by atoms with Crippen LogP contribution in [0.3, 0.4) is 0 Å². The fourth-order valence-electron chi connectivity index (χ4n) is 5.51. The van der Waals surface area contributed by atoms with Crippen LogP contribution < -0.4 is 16.4 Å². The molecular formula is C17H31N3O. The van der Waals surface area contributed by atoms with Gasteiger partial charge in [0.15, 0.2) is 0 Å². The lowest BCUT2D eigenvalue weighted by Gasteiger charge is -2.56. The Morgan fingerprint density at radius 1 is 1.14 bits per heavy atom. The van der Waals surface area contributed by atoms with E-state index in [9.17, 15) is 4.79 Å². The zero-order valence-corrected chi connectivity index (χ0v) is 13.5. The normalized spacial score (nSPS) is 38.6. The molecule has 4 saturated carbocycles. The van der Waals surface area contributed by atoms with Gasteiger partial charge in [0.25, 0.3) is 0 Å². The van der Waals surface area contributed by atoms with Crippen LogP contribution in [0.4, 0.5) is 4.79 Å². The second-order valence-electron chi connectivity index (χ2n) is 8.36. The van der Waals surface area contributed by atoms with Gasteiger partial charge in [-0.1, -0.05) is 13.8 Å². The molecule has 0 heterocycles. The summed E-state index contributed by atoms with van der Waals surface area (Å²) in [6, 6.07) is 0.104. The summed E-state index contributed by atoms with van der Waals surface area (Å²) in [5, 5.41) is 6.45. The second-order valence-corrected chi connectivity index (χ2v) is 8.36. The van der Waals surface area contributed by atoms with Crippen molar-refractivity contribution in [1.82, 2.24) is 10.6 Å². The van der Waals surface area contributed by atoms with Gasteiger partial charge >= 0.3 is 6.03 Å². The van der Waals surface area contributed by atoms with Gasteiger partial charge in [0, 0.05) is 18.1 Å². The van der Waals surface area contributed by atoms with Crippen molar-refractivity contribution in [1.29, 1.82) is 0 Å². The highest BCUT2D eigenvalue weighted by Crippen LogP contribution is 2.55. The molecule has 4 heteroatoms. The van der Waals surface area contributed by atoms with Gasteiger partial charge in [-0.25, -0.2) is 4.79 Å². The molecule has 2 amide bonds. The van der Waals surface area contributed by atoms with E-state index in [1.165, 1.54) is 38.5 Å². The van der Waals surface area contributed by atoms with Gasteiger partial charge in [0.05, 0.1) is 0 Å². The van der Waals surface area contributed by atoms with Crippen molar-refractivity contribution in [2.24, 2.45) is 29.4 Å². The lowest BCUT2D eigenvalue weighted by atomic mass is 9.53. The van der Waals surface area contributed by atoms with Crippen molar-refractivity contribution >= 4 is 6.03 Å². The van der Waals surface area contributed by atoms with E-state index in [2.05, 4.69) is 24.5 Å². The molecule has 4 bridgehead atoms. The quantitative estimate of drug-likeness (QED) is 0.729. The number of nitrogens with one attached hydrogen (secondary N) is 2. The first-order chi connectivity index (χ1) is 9.98. The molecule has 0 spiro atoms. The molecule has 4 aliphatic rings. The first kappa shape index (κ1) is 15.1. The number of amides is 2. The highest BCUT2D eigenvalue weighted by Gasteiger charge is 2.51. The monoisotopic (exact) mass is 293 g/mol. The van der Waals surface area contributed by atoms with Gasteiger partial charge in [0.1, 0.15) is 0 Å². The van der Waals surface area contributed by atoms with E-state index in [0.717, 1.165) is 24.2 Å². The number of urea groups is 1. The van der Waals surface area contributed by atoms with E-state index in [4.69, 9.17) is 5.73 Å². The third-order valence-electron chi connectivity index (χ3n) is 5.79. The van der Waals surface area contributed by atoms with Crippen molar-refractivity contribution in [3.05, 3.63) is 0 Å². The Labute approximate surface area is 128 Å². The maximum atomic E-state index is 12.4. The summed E-state index contributed by atoms with van der Waals surface area (Å²) in [4.78, 5) is 12.4. The smallest absolute Gasteiger partial charge is 0.315 e. The van der Waals surface area contributed by atoms with Crippen LogP contribution in [0.25, 0.3) is 0 Å². The SMILES string of the molecule is CC(C)CC(CN)NC(=O)NC12CC3CC(CC(C3)C1)C2. The highest BCUT2D eigenvalue weighted by atomic mass is 16.2. The van der Waals surface area contributed by atoms with E-state index in [1.807, 2.05) is 0 Å². The molecule has 4 fully saturated rings. The van der Waals surface area contributed by atoms with Crippen LogP contribution in [0.15, 0.2) is 0 Å². The lowest BCUT2D eigenvalue weighted by Crippen LogP contribution is -2.62. The Bertz CT molecular complexity index is 358. The van der Waals surface area contributed by atoms with Gasteiger partial charge < -0.3 is 16.4 Å². The largest absolute Gasteiger partial charge is 0.334 e. The lowest BCUT2D eigenvalue weighted by molar-refractivity contribution is -0.0136. The topological polar surface area (TPSA) is 67.1 Å².